The number of aryl methyl sites for hydroxylation is 1. The van der Waals surface area contributed by atoms with Gasteiger partial charge >= 0.3 is 0 Å². The molecule has 3 N–H and O–H groups in total. The Hall–Kier alpha value is -1.82. The highest BCUT2D eigenvalue weighted by molar-refractivity contribution is 9.10. The average Bonchev–Trinajstić information content (AvgIpc) is 2.49. The van der Waals surface area contributed by atoms with Crippen LogP contribution in [0.1, 0.15) is 30.0 Å². The van der Waals surface area contributed by atoms with E-state index in [-0.39, 0.29) is 6.04 Å². The Morgan fingerprint density at radius 1 is 1.43 bits per heavy atom. The number of hydrogen-bond acceptors (Lipinski definition) is 5. The van der Waals surface area contributed by atoms with Crippen LogP contribution in [0.25, 0.3) is 0 Å². The summed E-state index contributed by atoms with van der Waals surface area (Å²) in [5.74, 6) is 1.10. The number of nitrogen functional groups attached to an aromatic ring is 1. The molecule has 0 radical (unpaired) electrons. The van der Waals surface area contributed by atoms with Crippen molar-refractivity contribution in [3.05, 3.63) is 40.0 Å². The molecule has 0 saturated carbocycles. The van der Waals surface area contributed by atoms with Gasteiger partial charge in [0.15, 0.2) is 0 Å². The highest BCUT2D eigenvalue weighted by Gasteiger charge is 2.21. The number of nitrogens with one attached hydrogen (secondary N) is 1. The molecule has 0 bridgehead atoms. The maximum absolute atomic E-state index is 5.87. The molecule has 1 atom stereocenters. The summed E-state index contributed by atoms with van der Waals surface area (Å²) >= 11 is 3.36. The van der Waals surface area contributed by atoms with Crippen LogP contribution >= 0.6 is 15.9 Å². The smallest absolute Gasteiger partial charge is 0.232 e. The quantitative estimate of drug-likeness (QED) is 0.832. The van der Waals surface area contributed by atoms with Crippen LogP contribution in [0.15, 0.2) is 28.9 Å². The van der Waals surface area contributed by atoms with E-state index >= 15 is 0 Å². The number of anilines is 2. The summed E-state index contributed by atoms with van der Waals surface area (Å²) in [7, 11) is 1.59. The van der Waals surface area contributed by atoms with E-state index in [1.165, 1.54) is 11.1 Å². The van der Waals surface area contributed by atoms with Gasteiger partial charge in [0.1, 0.15) is 0 Å². The lowest BCUT2D eigenvalue weighted by molar-refractivity contribution is 0.394. The van der Waals surface area contributed by atoms with Crippen LogP contribution < -0.4 is 15.8 Å². The second kappa shape index (κ2) is 5.89. The van der Waals surface area contributed by atoms with Crippen LogP contribution in [0.3, 0.4) is 0 Å². The number of benzene rings is 1. The van der Waals surface area contributed by atoms with Gasteiger partial charge in [-0.15, -0.1) is 0 Å². The van der Waals surface area contributed by atoms with Crippen molar-refractivity contribution in [2.24, 2.45) is 0 Å². The largest absolute Gasteiger partial charge is 0.480 e. The first-order valence-corrected chi connectivity index (χ1v) is 7.68. The van der Waals surface area contributed by atoms with E-state index in [1.807, 2.05) is 6.07 Å². The minimum atomic E-state index is 0.209. The number of rotatable bonds is 3. The van der Waals surface area contributed by atoms with Gasteiger partial charge in [0, 0.05) is 5.69 Å². The first kappa shape index (κ1) is 14.1. The van der Waals surface area contributed by atoms with E-state index in [0.717, 1.165) is 29.4 Å². The molecule has 110 valence electrons. The van der Waals surface area contributed by atoms with Gasteiger partial charge in [-0.3, -0.25) is 0 Å². The highest BCUT2D eigenvalue weighted by Crippen LogP contribution is 2.33. The third-order valence-electron chi connectivity index (χ3n) is 3.69. The topological polar surface area (TPSA) is 73.1 Å². The molecule has 0 aliphatic heterocycles. The van der Waals surface area contributed by atoms with Crippen LogP contribution in [0, 0.1) is 0 Å². The van der Waals surface area contributed by atoms with Gasteiger partial charge in [-0.1, -0.05) is 6.07 Å². The zero-order valence-electron chi connectivity index (χ0n) is 11.8. The molecule has 1 aliphatic carbocycles. The summed E-state index contributed by atoms with van der Waals surface area (Å²) in [6.45, 7) is 0. The van der Waals surface area contributed by atoms with E-state index in [0.29, 0.717) is 11.8 Å². The van der Waals surface area contributed by atoms with Gasteiger partial charge in [0.05, 0.1) is 23.8 Å². The Kier molecular flexibility index (Phi) is 3.96. The lowest BCUT2D eigenvalue weighted by Crippen LogP contribution is -2.19. The lowest BCUT2D eigenvalue weighted by Gasteiger charge is -2.26. The third kappa shape index (κ3) is 2.95. The fraction of sp³-hybridized carbons (Fsp3) is 0.333. The number of halogens is 1. The van der Waals surface area contributed by atoms with Gasteiger partial charge in [-0.25, -0.2) is 4.98 Å². The molecule has 0 fully saturated rings. The van der Waals surface area contributed by atoms with Crippen molar-refractivity contribution in [3.8, 4) is 5.88 Å². The highest BCUT2D eigenvalue weighted by atomic mass is 79.9. The van der Waals surface area contributed by atoms with E-state index in [2.05, 4.69) is 43.3 Å². The van der Waals surface area contributed by atoms with Crippen molar-refractivity contribution in [3.63, 3.8) is 0 Å². The Morgan fingerprint density at radius 2 is 2.29 bits per heavy atom. The average molecular weight is 349 g/mol. The van der Waals surface area contributed by atoms with Crippen molar-refractivity contribution in [1.82, 2.24) is 9.97 Å². The summed E-state index contributed by atoms with van der Waals surface area (Å²) in [5, 5.41) is 3.39. The Balaban J connectivity index is 1.86. The minimum absolute atomic E-state index is 0.209. The Labute approximate surface area is 132 Å². The molecule has 5 nitrogen and oxygen atoms in total. The number of aromatic nitrogens is 2. The molecule has 6 heteroatoms. The second-order valence-corrected chi connectivity index (χ2v) is 5.95. The first-order chi connectivity index (χ1) is 10.2. The van der Waals surface area contributed by atoms with Crippen molar-refractivity contribution in [2.45, 2.75) is 25.3 Å². The molecule has 1 unspecified atom stereocenters. The van der Waals surface area contributed by atoms with Gasteiger partial charge < -0.3 is 15.8 Å². The van der Waals surface area contributed by atoms with Crippen molar-refractivity contribution < 1.29 is 4.74 Å². The number of hydrogen-bond donors (Lipinski definition) is 2. The summed E-state index contributed by atoms with van der Waals surface area (Å²) in [4.78, 5) is 8.66. The van der Waals surface area contributed by atoms with Gasteiger partial charge in [-0.2, -0.15) is 4.98 Å². The summed E-state index contributed by atoms with van der Waals surface area (Å²) in [6, 6.07) is 6.31. The van der Waals surface area contributed by atoms with Gasteiger partial charge in [0.25, 0.3) is 0 Å². The fourth-order valence-electron chi connectivity index (χ4n) is 2.70. The molecule has 1 aromatic carbocycles. The van der Waals surface area contributed by atoms with Crippen LogP contribution in [-0.4, -0.2) is 17.1 Å². The summed E-state index contributed by atoms with van der Waals surface area (Å²) in [5.41, 5.74) is 9.27. The fourth-order valence-corrected chi connectivity index (χ4v) is 3.06. The molecule has 3 rings (SSSR count). The normalized spacial score (nSPS) is 17.1. The minimum Gasteiger partial charge on any atom is -0.480 e. The van der Waals surface area contributed by atoms with Crippen LogP contribution in [0.4, 0.5) is 11.6 Å². The SMILES string of the molecule is COc1nc(NC2CCCc3cc(N)ccc32)ncc1Br. The molecule has 0 amide bonds. The molecule has 1 heterocycles. The molecule has 21 heavy (non-hydrogen) atoms. The number of fused-ring (bicyclic) bond motifs is 1. The molecule has 1 aromatic heterocycles. The predicted molar refractivity (Wildman–Crippen MR) is 86.4 cm³/mol. The van der Waals surface area contributed by atoms with E-state index in [9.17, 15) is 0 Å². The standard InChI is InChI=1S/C15H17BrN4O/c1-21-14-12(16)8-18-15(20-14)19-13-4-2-3-9-7-10(17)5-6-11(9)13/h5-8,13H,2-4,17H2,1H3,(H,18,19,20). The number of ether oxygens (including phenoxy) is 1. The van der Waals surface area contributed by atoms with E-state index < -0.39 is 0 Å². The van der Waals surface area contributed by atoms with E-state index in [1.54, 1.807) is 13.3 Å². The van der Waals surface area contributed by atoms with Gasteiger partial charge in [-0.05, 0) is 58.5 Å². The Morgan fingerprint density at radius 3 is 3.10 bits per heavy atom. The third-order valence-corrected chi connectivity index (χ3v) is 4.23. The molecule has 1 aliphatic rings. The van der Waals surface area contributed by atoms with Crippen molar-refractivity contribution in [1.29, 1.82) is 0 Å². The number of nitrogens with zero attached hydrogens (tertiary/aromatic N) is 2. The monoisotopic (exact) mass is 348 g/mol. The Bertz CT molecular complexity index is 662. The number of nitrogens with two attached hydrogens (primary N) is 1. The summed E-state index contributed by atoms with van der Waals surface area (Å²) < 4.78 is 5.95. The molecule has 0 spiro atoms. The first-order valence-electron chi connectivity index (χ1n) is 6.88. The van der Waals surface area contributed by atoms with Gasteiger partial charge in [0.2, 0.25) is 11.8 Å². The van der Waals surface area contributed by atoms with Crippen molar-refractivity contribution >= 4 is 27.6 Å². The van der Waals surface area contributed by atoms with Crippen LogP contribution in [0.2, 0.25) is 0 Å². The maximum atomic E-state index is 5.87. The van der Waals surface area contributed by atoms with E-state index in [4.69, 9.17) is 10.5 Å². The zero-order chi connectivity index (χ0) is 14.8. The summed E-state index contributed by atoms with van der Waals surface area (Å²) in [6.07, 6.45) is 4.95. The lowest BCUT2D eigenvalue weighted by atomic mass is 9.87. The maximum Gasteiger partial charge on any atom is 0.232 e. The van der Waals surface area contributed by atoms with Crippen molar-refractivity contribution in [2.75, 3.05) is 18.2 Å². The zero-order valence-corrected chi connectivity index (χ0v) is 13.4. The number of methoxy groups -OCH3 is 1. The van der Waals surface area contributed by atoms with Crippen LogP contribution in [0.5, 0.6) is 5.88 Å². The predicted octanol–water partition coefficient (Wildman–Crippen LogP) is 3.32. The molecule has 2 aromatic rings. The molecule has 0 saturated heterocycles. The molecular formula is C15H17BrN4O. The van der Waals surface area contributed by atoms with Crippen LogP contribution in [-0.2, 0) is 6.42 Å². The second-order valence-electron chi connectivity index (χ2n) is 5.10. The molecular weight excluding hydrogens is 332 g/mol.